The highest BCUT2D eigenvalue weighted by Gasteiger charge is 2.34. The number of hydrogen-bond acceptors (Lipinski definition) is 5. The van der Waals surface area contributed by atoms with Crippen molar-refractivity contribution in [1.29, 1.82) is 0 Å². The normalized spacial score (nSPS) is 12.0. The van der Waals surface area contributed by atoms with Crippen LogP contribution in [0, 0.1) is 6.92 Å². The van der Waals surface area contributed by atoms with Gasteiger partial charge in [-0.1, -0.05) is 66.9 Å². The van der Waals surface area contributed by atoms with E-state index in [1.165, 1.54) is 35.2 Å². The van der Waals surface area contributed by atoms with E-state index in [-0.39, 0.29) is 33.1 Å². The van der Waals surface area contributed by atoms with Gasteiger partial charge in [0.2, 0.25) is 11.8 Å². The van der Waals surface area contributed by atoms with Crippen LogP contribution in [-0.4, -0.2) is 51.4 Å². The molecule has 0 aliphatic carbocycles. The van der Waals surface area contributed by atoms with E-state index in [0.717, 1.165) is 21.9 Å². The molecule has 0 heterocycles. The second kappa shape index (κ2) is 14.6. The molecule has 1 unspecified atom stereocenters. The summed E-state index contributed by atoms with van der Waals surface area (Å²) in [6, 6.07) is 17.0. The molecule has 1 N–H and O–H groups in total. The molecule has 3 aromatic carbocycles. The fraction of sp³-hybridized carbons (Fsp3) is 0.333. The largest absolute Gasteiger partial charge is 0.497 e. The van der Waals surface area contributed by atoms with Gasteiger partial charge in [-0.3, -0.25) is 13.9 Å². The molecule has 0 aliphatic rings. The lowest BCUT2D eigenvalue weighted by molar-refractivity contribution is -0.140. The molecule has 0 aliphatic heterocycles. The molecule has 8 nitrogen and oxygen atoms in total. The zero-order valence-corrected chi connectivity index (χ0v) is 25.9. The number of rotatable bonds is 13. The smallest absolute Gasteiger partial charge is 0.264 e. The molecular weight excluding hydrogens is 585 g/mol. The van der Waals surface area contributed by atoms with E-state index in [9.17, 15) is 18.0 Å². The Bertz CT molecular complexity index is 1440. The van der Waals surface area contributed by atoms with Crippen molar-refractivity contribution in [3.8, 4) is 5.75 Å². The zero-order chi connectivity index (χ0) is 30.2. The number of carbonyl (C=O) groups excluding carboxylic acids is 2. The molecule has 11 heteroatoms. The lowest BCUT2D eigenvalue weighted by Crippen LogP contribution is -2.52. The van der Waals surface area contributed by atoms with Gasteiger partial charge in [0.25, 0.3) is 10.0 Å². The second-order valence-corrected chi connectivity index (χ2v) is 12.3. The molecular formula is C30H35Cl2N3O5S. The molecule has 0 radical (unpaired) electrons. The second-order valence-electron chi connectivity index (χ2n) is 9.54. The van der Waals surface area contributed by atoms with Crippen LogP contribution in [-0.2, 0) is 26.2 Å². The molecule has 3 rings (SSSR count). The van der Waals surface area contributed by atoms with Crippen molar-refractivity contribution in [3.63, 3.8) is 0 Å². The van der Waals surface area contributed by atoms with Gasteiger partial charge in [0.1, 0.15) is 18.3 Å². The number of ether oxygens (including phenoxy) is 1. The minimum absolute atomic E-state index is 0.000857. The summed E-state index contributed by atoms with van der Waals surface area (Å²) < 4.78 is 34.2. The maximum absolute atomic E-state index is 14.1. The number of aryl methyl sites for hydroxylation is 1. The lowest BCUT2D eigenvalue weighted by atomic mass is 10.1. The summed E-state index contributed by atoms with van der Waals surface area (Å²) in [5, 5.41) is 3.29. The number of anilines is 1. The van der Waals surface area contributed by atoms with Crippen molar-refractivity contribution in [2.75, 3.05) is 24.5 Å². The Morgan fingerprint density at radius 1 is 0.976 bits per heavy atom. The predicted octanol–water partition coefficient (Wildman–Crippen LogP) is 5.84. The summed E-state index contributed by atoms with van der Waals surface area (Å²) in [5.41, 5.74) is 1.73. The van der Waals surface area contributed by atoms with Crippen molar-refractivity contribution in [2.24, 2.45) is 0 Å². The number of sulfonamides is 1. The molecule has 0 saturated carbocycles. The maximum Gasteiger partial charge on any atom is 0.264 e. The van der Waals surface area contributed by atoms with Crippen LogP contribution in [0.25, 0.3) is 0 Å². The van der Waals surface area contributed by atoms with Gasteiger partial charge in [0, 0.05) is 23.1 Å². The van der Waals surface area contributed by atoms with E-state index < -0.39 is 28.5 Å². The molecule has 0 aromatic heterocycles. The predicted molar refractivity (Wildman–Crippen MR) is 163 cm³/mol. The third-order valence-electron chi connectivity index (χ3n) is 6.45. The molecule has 0 bridgehead atoms. The van der Waals surface area contributed by atoms with Crippen molar-refractivity contribution in [3.05, 3.63) is 87.9 Å². The Kier molecular flexibility index (Phi) is 11.5. The van der Waals surface area contributed by atoms with E-state index in [2.05, 4.69) is 5.32 Å². The Balaban J connectivity index is 2.09. The molecule has 3 aromatic rings. The number of halogens is 2. The van der Waals surface area contributed by atoms with Crippen LogP contribution in [0.4, 0.5) is 5.69 Å². The standard InChI is InChI=1S/C30H35Cl2N3O5S/c1-5-14-33-30(37)28(6-2)34(19-22-8-7-9-26(15-22)40-4)29(36)20-35(25-17-23(31)16-24(32)18-25)41(38,39)27-12-10-21(3)11-13-27/h7-13,15-18,28H,5-6,14,19-20H2,1-4H3,(H,33,37). The number of benzene rings is 3. The van der Waals surface area contributed by atoms with Gasteiger partial charge in [-0.05, 0) is 67.8 Å². The first-order valence-corrected chi connectivity index (χ1v) is 15.4. The third kappa shape index (κ3) is 8.38. The first-order valence-electron chi connectivity index (χ1n) is 13.3. The van der Waals surface area contributed by atoms with Crippen LogP contribution in [0.3, 0.4) is 0 Å². The van der Waals surface area contributed by atoms with Gasteiger partial charge < -0.3 is 15.0 Å². The van der Waals surface area contributed by atoms with E-state index in [1.807, 2.05) is 19.9 Å². The number of amides is 2. The molecule has 41 heavy (non-hydrogen) atoms. The highest BCUT2D eigenvalue weighted by Crippen LogP contribution is 2.30. The van der Waals surface area contributed by atoms with Crippen LogP contribution in [0.15, 0.2) is 71.6 Å². The summed E-state index contributed by atoms with van der Waals surface area (Å²) >= 11 is 12.5. The average Bonchev–Trinajstić information content (AvgIpc) is 2.94. The highest BCUT2D eigenvalue weighted by molar-refractivity contribution is 7.92. The highest BCUT2D eigenvalue weighted by atomic mass is 35.5. The Morgan fingerprint density at radius 2 is 1.63 bits per heavy atom. The Labute approximate surface area is 252 Å². The molecule has 1 atom stereocenters. The minimum Gasteiger partial charge on any atom is -0.497 e. The summed E-state index contributed by atoms with van der Waals surface area (Å²) in [4.78, 5) is 28.7. The molecule has 220 valence electrons. The number of nitrogens with zero attached hydrogens (tertiary/aromatic N) is 2. The average molecular weight is 621 g/mol. The molecule has 0 fully saturated rings. The van der Waals surface area contributed by atoms with Gasteiger partial charge in [-0.2, -0.15) is 0 Å². The quantitative estimate of drug-likeness (QED) is 0.259. The van der Waals surface area contributed by atoms with Gasteiger partial charge >= 0.3 is 0 Å². The van der Waals surface area contributed by atoms with Crippen molar-refractivity contribution < 1.29 is 22.7 Å². The van der Waals surface area contributed by atoms with Crippen LogP contribution >= 0.6 is 23.2 Å². The fourth-order valence-electron chi connectivity index (χ4n) is 4.30. The van der Waals surface area contributed by atoms with Crippen molar-refractivity contribution >= 4 is 50.7 Å². The zero-order valence-electron chi connectivity index (χ0n) is 23.6. The summed E-state index contributed by atoms with van der Waals surface area (Å²) in [6.07, 6.45) is 1.04. The number of nitrogens with one attached hydrogen (secondary N) is 1. The molecule has 2 amide bonds. The topological polar surface area (TPSA) is 96.0 Å². The summed E-state index contributed by atoms with van der Waals surface area (Å²) in [6.45, 7) is 5.51. The van der Waals surface area contributed by atoms with E-state index in [0.29, 0.717) is 18.7 Å². The maximum atomic E-state index is 14.1. The van der Waals surface area contributed by atoms with E-state index in [1.54, 1.807) is 44.4 Å². The minimum atomic E-state index is -4.24. The van der Waals surface area contributed by atoms with Crippen LogP contribution in [0.5, 0.6) is 5.75 Å². The number of hydrogen-bond donors (Lipinski definition) is 1. The first kappa shape index (κ1) is 32.2. The number of carbonyl (C=O) groups is 2. The van der Waals surface area contributed by atoms with Crippen molar-refractivity contribution in [1.82, 2.24) is 10.2 Å². The van der Waals surface area contributed by atoms with Crippen LogP contribution in [0.2, 0.25) is 10.0 Å². The van der Waals surface area contributed by atoms with E-state index in [4.69, 9.17) is 27.9 Å². The summed E-state index contributed by atoms with van der Waals surface area (Å²) in [5.74, 6) is -0.294. The van der Waals surface area contributed by atoms with Crippen LogP contribution in [0.1, 0.15) is 37.8 Å². The summed E-state index contributed by atoms with van der Waals surface area (Å²) in [7, 11) is -2.69. The Morgan fingerprint density at radius 3 is 2.22 bits per heavy atom. The van der Waals surface area contributed by atoms with Crippen molar-refractivity contribution in [2.45, 2.75) is 51.1 Å². The van der Waals surface area contributed by atoms with Gasteiger partial charge in [0.05, 0.1) is 17.7 Å². The van der Waals surface area contributed by atoms with Gasteiger partial charge in [0.15, 0.2) is 0 Å². The lowest BCUT2D eigenvalue weighted by Gasteiger charge is -2.33. The molecule has 0 spiro atoms. The first-order chi connectivity index (χ1) is 19.5. The van der Waals surface area contributed by atoms with Crippen LogP contribution < -0.4 is 14.4 Å². The van der Waals surface area contributed by atoms with E-state index >= 15 is 0 Å². The SMILES string of the molecule is CCCNC(=O)C(CC)N(Cc1cccc(OC)c1)C(=O)CN(c1cc(Cl)cc(Cl)c1)S(=O)(=O)c1ccc(C)cc1. The van der Waals surface area contributed by atoms with Gasteiger partial charge in [-0.15, -0.1) is 0 Å². The Hall–Kier alpha value is -3.27. The molecule has 0 saturated heterocycles. The number of methoxy groups -OCH3 is 1. The fourth-order valence-corrected chi connectivity index (χ4v) is 6.21. The third-order valence-corrected chi connectivity index (χ3v) is 8.67. The monoisotopic (exact) mass is 619 g/mol. The van der Waals surface area contributed by atoms with Gasteiger partial charge in [-0.25, -0.2) is 8.42 Å².